The Hall–Kier alpha value is -4.14. The minimum absolute atomic E-state index is 0.0139. The summed E-state index contributed by atoms with van der Waals surface area (Å²) in [6.07, 6.45) is 0.0720. The fourth-order valence-corrected chi connectivity index (χ4v) is 8.59. The molecule has 0 aromatic heterocycles. The van der Waals surface area contributed by atoms with Crippen LogP contribution in [0.25, 0.3) is 0 Å². The van der Waals surface area contributed by atoms with Gasteiger partial charge in [-0.2, -0.15) is 0 Å². The zero-order chi connectivity index (χ0) is 40.7. The Labute approximate surface area is 354 Å². The lowest BCUT2D eigenvalue weighted by Gasteiger charge is -2.22. The van der Waals surface area contributed by atoms with Gasteiger partial charge in [-0.1, -0.05) is 90.4 Å². The lowest BCUT2D eigenvalue weighted by molar-refractivity contribution is 0.447. The van der Waals surface area contributed by atoms with E-state index in [2.05, 4.69) is 0 Å². The lowest BCUT2D eigenvalue weighted by atomic mass is 9.86. The Morgan fingerprint density at radius 2 is 0.571 bits per heavy atom. The summed E-state index contributed by atoms with van der Waals surface area (Å²) in [7, 11) is 0. The fraction of sp³-hybridized carbons (Fsp3) is 0.182. The van der Waals surface area contributed by atoms with Crippen molar-refractivity contribution in [2.75, 3.05) is 0 Å². The Balaban J connectivity index is 1.34. The topological polar surface area (TPSA) is 121 Å². The van der Waals surface area contributed by atoms with E-state index in [1.807, 2.05) is 13.8 Å². The van der Waals surface area contributed by atoms with Crippen molar-refractivity contribution in [2.24, 2.45) is 0 Å². The van der Waals surface area contributed by atoms with Crippen LogP contribution in [0.4, 0.5) is 0 Å². The number of hydrogen-bond acceptors (Lipinski definition) is 6. The zero-order valence-electron chi connectivity index (χ0n) is 30.2. The highest BCUT2D eigenvalue weighted by Gasteiger charge is 2.26. The quantitative estimate of drug-likeness (QED) is 0.0815. The number of phenolic OH excluding ortho intramolecular Hbond substituents is 6. The van der Waals surface area contributed by atoms with Gasteiger partial charge >= 0.3 is 0 Å². The summed E-state index contributed by atoms with van der Waals surface area (Å²) in [5.74, 6) is -1.96. The number of aromatic hydroxyl groups is 6. The highest BCUT2D eigenvalue weighted by molar-refractivity contribution is 6.32. The van der Waals surface area contributed by atoms with Crippen LogP contribution in [0.2, 0.25) is 30.1 Å². The van der Waals surface area contributed by atoms with Crippen molar-refractivity contribution < 1.29 is 30.6 Å². The monoisotopic (exact) mass is 870 g/mol. The molecule has 290 valence electrons. The molecule has 0 amide bonds. The third-order valence-electron chi connectivity index (χ3n) is 10.3. The maximum atomic E-state index is 11.7. The van der Waals surface area contributed by atoms with Crippen molar-refractivity contribution in [2.45, 2.75) is 51.4 Å². The van der Waals surface area contributed by atoms with Gasteiger partial charge in [0.2, 0.25) is 0 Å². The van der Waals surface area contributed by atoms with Gasteiger partial charge in [0, 0.05) is 116 Å². The molecule has 0 bridgehead atoms. The number of rotatable bonds is 10. The van der Waals surface area contributed by atoms with Crippen LogP contribution >= 0.6 is 69.6 Å². The van der Waals surface area contributed by atoms with E-state index in [9.17, 15) is 30.6 Å². The maximum absolute atomic E-state index is 11.7. The molecule has 0 fully saturated rings. The van der Waals surface area contributed by atoms with Gasteiger partial charge in [-0.05, 0) is 84.9 Å². The predicted molar refractivity (Wildman–Crippen MR) is 227 cm³/mol. The second kappa shape index (κ2) is 16.8. The van der Waals surface area contributed by atoms with Crippen LogP contribution in [0.5, 0.6) is 34.5 Å². The standard InChI is InChI=1S/C44H36Cl6O6/c1-20(33-14-27(45)4-6-39(33)51)35-16-29(47)10-23(41(35)53)8-25-12-31(49)18-37(43(25)55)22(3)38-19-32(50)13-26(44(38)56)9-24-11-30(48)17-36(42(24)54)21(2)34-15-28(46)5-7-40(34)52/h4-7,10-22,51-56H,8-9H2,1-3H3. The van der Waals surface area contributed by atoms with Gasteiger partial charge in [-0.25, -0.2) is 0 Å². The molecule has 0 aliphatic carbocycles. The first-order valence-electron chi connectivity index (χ1n) is 17.4. The highest BCUT2D eigenvalue weighted by Crippen LogP contribution is 2.46. The molecule has 6 nitrogen and oxygen atoms in total. The van der Waals surface area contributed by atoms with Crippen LogP contribution in [0.15, 0.2) is 84.9 Å². The molecule has 56 heavy (non-hydrogen) atoms. The average Bonchev–Trinajstić information content (AvgIpc) is 3.14. The summed E-state index contributed by atoms with van der Waals surface area (Å²) in [4.78, 5) is 0. The molecule has 6 aromatic carbocycles. The Morgan fingerprint density at radius 1 is 0.339 bits per heavy atom. The molecule has 0 saturated heterocycles. The van der Waals surface area contributed by atoms with Crippen molar-refractivity contribution in [3.05, 3.63) is 171 Å². The maximum Gasteiger partial charge on any atom is 0.123 e. The molecular weight excluding hydrogens is 837 g/mol. The van der Waals surface area contributed by atoms with Crippen LogP contribution in [0.3, 0.4) is 0 Å². The molecule has 0 radical (unpaired) electrons. The van der Waals surface area contributed by atoms with E-state index in [-0.39, 0.29) is 47.3 Å². The van der Waals surface area contributed by atoms with Gasteiger partial charge in [-0.3, -0.25) is 0 Å². The number of phenols is 6. The first-order valence-corrected chi connectivity index (χ1v) is 19.7. The van der Waals surface area contributed by atoms with Crippen molar-refractivity contribution in [3.8, 4) is 34.5 Å². The summed E-state index contributed by atoms with van der Waals surface area (Å²) < 4.78 is 0. The first-order chi connectivity index (χ1) is 26.4. The van der Waals surface area contributed by atoms with Gasteiger partial charge in [-0.15, -0.1) is 0 Å². The van der Waals surface area contributed by atoms with E-state index in [0.717, 1.165) is 0 Å². The largest absolute Gasteiger partial charge is 0.508 e. The third-order valence-corrected chi connectivity index (χ3v) is 11.6. The molecular formula is C44H36Cl6O6. The van der Waals surface area contributed by atoms with Crippen molar-refractivity contribution in [3.63, 3.8) is 0 Å². The van der Waals surface area contributed by atoms with Crippen molar-refractivity contribution in [1.29, 1.82) is 0 Å². The molecule has 6 rings (SSSR count). The number of halogens is 6. The minimum atomic E-state index is -0.645. The summed E-state index contributed by atoms with van der Waals surface area (Å²) in [5, 5.41) is 69.6. The summed E-state index contributed by atoms with van der Waals surface area (Å²) >= 11 is 38.8. The second-order valence-corrected chi connectivity index (χ2v) is 16.6. The molecule has 6 N–H and O–H groups in total. The third kappa shape index (κ3) is 8.57. The van der Waals surface area contributed by atoms with E-state index in [1.54, 1.807) is 79.7 Å². The van der Waals surface area contributed by atoms with Gasteiger partial charge in [0.25, 0.3) is 0 Å². The smallest absolute Gasteiger partial charge is 0.123 e. The minimum Gasteiger partial charge on any atom is -0.508 e. The van der Waals surface area contributed by atoms with Gasteiger partial charge in [0.05, 0.1) is 0 Å². The Morgan fingerprint density at radius 3 is 0.839 bits per heavy atom. The molecule has 2 atom stereocenters. The Kier molecular flexibility index (Phi) is 12.4. The summed E-state index contributed by atoms with van der Waals surface area (Å²) in [5.41, 5.74) is 4.27. The molecule has 0 saturated carbocycles. The van der Waals surface area contributed by atoms with Gasteiger partial charge < -0.3 is 30.6 Å². The summed E-state index contributed by atoms with van der Waals surface area (Å²) in [6.45, 7) is 5.40. The van der Waals surface area contributed by atoms with Crippen LogP contribution in [0.1, 0.15) is 94.2 Å². The lowest BCUT2D eigenvalue weighted by Crippen LogP contribution is -2.04. The van der Waals surface area contributed by atoms with Crippen LogP contribution in [0, 0.1) is 0 Å². The van der Waals surface area contributed by atoms with Crippen LogP contribution in [-0.2, 0) is 12.8 Å². The van der Waals surface area contributed by atoms with E-state index in [0.29, 0.717) is 85.8 Å². The van der Waals surface area contributed by atoms with Crippen molar-refractivity contribution in [1.82, 2.24) is 0 Å². The molecule has 0 aliphatic rings. The molecule has 6 aromatic rings. The molecule has 2 unspecified atom stereocenters. The molecule has 0 spiro atoms. The Bertz CT molecular complexity index is 2310. The van der Waals surface area contributed by atoms with E-state index < -0.39 is 17.8 Å². The van der Waals surface area contributed by atoms with Crippen LogP contribution < -0.4 is 0 Å². The average molecular weight is 873 g/mol. The molecule has 0 aliphatic heterocycles. The van der Waals surface area contributed by atoms with Crippen molar-refractivity contribution >= 4 is 69.6 Å². The first kappa shape index (κ1) is 41.5. The van der Waals surface area contributed by atoms with E-state index in [4.69, 9.17) is 69.6 Å². The molecule has 12 heteroatoms. The number of hydrogen-bond donors (Lipinski definition) is 6. The summed E-state index contributed by atoms with van der Waals surface area (Å²) in [6, 6.07) is 22.2. The highest BCUT2D eigenvalue weighted by atomic mass is 35.5. The normalized spacial score (nSPS) is 13.1. The fourth-order valence-electron chi connectivity index (χ4n) is 7.23. The van der Waals surface area contributed by atoms with Gasteiger partial charge in [0.15, 0.2) is 0 Å². The van der Waals surface area contributed by atoms with E-state index >= 15 is 0 Å². The van der Waals surface area contributed by atoms with Crippen LogP contribution in [-0.4, -0.2) is 30.6 Å². The zero-order valence-corrected chi connectivity index (χ0v) is 34.7. The molecule has 0 heterocycles. The number of benzene rings is 6. The SMILES string of the molecule is CC(c1cc(Cl)ccc1O)c1cc(Cl)cc(Cc2cc(Cl)cc(C(C)c3cc(Cl)cc(Cc4cc(Cl)cc(C(C)c5cc(Cl)ccc5O)c4O)c3O)c2O)c1O. The predicted octanol–water partition coefficient (Wildman–Crippen LogP) is 13.5. The van der Waals surface area contributed by atoms with E-state index in [1.165, 1.54) is 12.1 Å². The van der Waals surface area contributed by atoms with Gasteiger partial charge in [0.1, 0.15) is 34.5 Å². The second-order valence-electron chi connectivity index (χ2n) is 13.9.